The van der Waals surface area contributed by atoms with E-state index in [1.54, 1.807) is 22.4 Å². The summed E-state index contributed by atoms with van der Waals surface area (Å²) in [6.07, 6.45) is 19.0. The molecule has 0 radical (unpaired) electrons. The van der Waals surface area contributed by atoms with E-state index in [1.165, 1.54) is 51.4 Å². The van der Waals surface area contributed by atoms with Crippen LogP contribution in [0.4, 0.5) is 0 Å². The fraction of sp³-hybridized carbons (Fsp3) is 0.759. The Hall–Kier alpha value is -1.15. The summed E-state index contributed by atoms with van der Waals surface area (Å²) in [5.74, 6) is 4.50. The molecule has 0 amide bonds. The lowest BCUT2D eigenvalue weighted by molar-refractivity contribution is 0.130. The molecular formula is C29H44N2. The molecule has 5 aliphatic rings. The van der Waals surface area contributed by atoms with E-state index in [1.807, 2.05) is 0 Å². The van der Waals surface area contributed by atoms with Gasteiger partial charge in [0.25, 0.3) is 0 Å². The summed E-state index contributed by atoms with van der Waals surface area (Å²) in [4.78, 5) is 4.98. The maximum absolute atomic E-state index is 6.30. The molecule has 0 aromatic carbocycles. The van der Waals surface area contributed by atoms with Crippen molar-refractivity contribution in [1.29, 1.82) is 0 Å². The van der Waals surface area contributed by atoms with Gasteiger partial charge in [-0.1, -0.05) is 51.5 Å². The number of nitrogens with two attached hydrogens (primary N) is 1. The zero-order valence-electron chi connectivity index (χ0n) is 20.4. The van der Waals surface area contributed by atoms with Crippen molar-refractivity contribution in [3.8, 4) is 0 Å². The molecule has 1 aliphatic heterocycles. The summed E-state index contributed by atoms with van der Waals surface area (Å²) < 4.78 is 0. The lowest BCUT2D eigenvalue weighted by atomic mass is 9.60. The van der Waals surface area contributed by atoms with Crippen LogP contribution >= 0.6 is 0 Å². The van der Waals surface area contributed by atoms with Crippen LogP contribution in [-0.4, -0.2) is 18.3 Å². The highest BCUT2D eigenvalue weighted by molar-refractivity contribution is 5.88. The van der Waals surface area contributed by atoms with Crippen LogP contribution in [0.25, 0.3) is 0 Å². The first-order valence-electron chi connectivity index (χ1n) is 13.2. The van der Waals surface area contributed by atoms with Crippen LogP contribution in [0.3, 0.4) is 0 Å². The number of hydrogen-bond donors (Lipinski definition) is 1. The topological polar surface area (TPSA) is 38.4 Å². The van der Waals surface area contributed by atoms with Gasteiger partial charge < -0.3 is 5.73 Å². The van der Waals surface area contributed by atoms with E-state index in [-0.39, 0.29) is 0 Å². The second-order valence-electron chi connectivity index (χ2n) is 12.1. The normalized spacial score (nSPS) is 40.8. The van der Waals surface area contributed by atoms with Gasteiger partial charge in [-0.2, -0.15) is 0 Å². The third kappa shape index (κ3) is 3.81. The first-order valence-corrected chi connectivity index (χ1v) is 13.2. The molecule has 2 heteroatoms. The molecular weight excluding hydrogens is 376 g/mol. The monoisotopic (exact) mass is 420 g/mol. The standard InChI is InChI=1S/C29H44N2/c1-18(2)24-12-14-31-28(24)15-19(3)26-9-10-27-25-8-6-21-17-23(30)7-5-20(21)16-22(25)11-13-29(26,27)4/h5,8,11,18-19,21,23-24,26-27H,6-7,9-10,12-17,30H2,1-4H3/t19-,21+,23-,24+,26-,27+,29-/m1/s1. The number of nitrogens with zero attached hydrogens (tertiary/aromatic N) is 1. The minimum atomic E-state index is 0.372. The minimum absolute atomic E-state index is 0.372. The van der Waals surface area contributed by atoms with Crippen molar-refractivity contribution < 1.29 is 0 Å². The fourth-order valence-electron chi connectivity index (χ4n) is 8.21. The van der Waals surface area contributed by atoms with Gasteiger partial charge in [0.2, 0.25) is 0 Å². The highest BCUT2D eigenvalue weighted by atomic mass is 14.8. The first-order chi connectivity index (χ1) is 14.9. The molecule has 2 N–H and O–H groups in total. The van der Waals surface area contributed by atoms with E-state index in [9.17, 15) is 0 Å². The summed E-state index contributed by atoms with van der Waals surface area (Å²) in [5, 5.41) is 0. The summed E-state index contributed by atoms with van der Waals surface area (Å²) in [7, 11) is 0. The van der Waals surface area contributed by atoms with Gasteiger partial charge in [-0.25, -0.2) is 0 Å². The first kappa shape index (κ1) is 21.7. The Morgan fingerprint density at radius 3 is 2.74 bits per heavy atom. The average molecular weight is 421 g/mol. The molecule has 0 aromatic heterocycles. The van der Waals surface area contributed by atoms with E-state index in [0.717, 1.165) is 42.6 Å². The van der Waals surface area contributed by atoms with Crippen LogP contribution in [0.2, 0.25) is 0 Å². The summed E-state index contributed by atoms with van der Waals surface area (Å²) in [6.45, 7) is 11.0. The van der Waals surface area contributed by atoms with Gasteiger partial charge >= 0.3 is 0 Å². The van der Waals surface area contributed by atoms with Crippen LogP contribution in [0.1, 0.15) is 85.5 Å². The second-order valence-corrected chi connectivity index (χ2v) is 12.1. The van der Waals surface area contributed by atoms with Crippen molar-refractivity contribution in [2.45, 2.75) is 91.5 Å². The van der Waals surface area contributed by atoms with Gasteiger partial charge in [0.1, 0.15) is 0 Å². The Labute approximate surface area is 190 Å². The van der Waals surface area contributed by atoms with E-state index in [4.69, 9.17) is 10.7 Å². The number of rotatable bonds is 4. The van der Waals surface area contributed by atoms with E-state index in [0.29, 0.717) is 17.4 Å². The van der Waals surface area contributed by atoms with E-state index >= 15 is 0 Å². The highest BCUT2D eigenvalue weighted by Crippen LogP contribution is 2.61. The molecule has 1 heterocycles. The molecule has 0 saturated heterocycles. The third-order valence-corrected chi connectivity index (χ3v) is 9.96. The van der Waals surface area contributed by atoms with Gasteiger partial charge in [-0.15, -0.1) is 0 Å². The lowest BCUT2D eigenvalue weighted by Gasteiger charge is -2.44. The fourth-order valence-corrected chi connectivity index (χ4v) is 8.21. The molecule has 0 bridgehead atoms. The third-order valence-electron chi connectivity index (χ3n) is 9.96. The second kappa shape index (κ2) is 8.32. The van der Waals surface area contributed by atoms with Gasteiger partial charge in [0, 0.05) is 24.2 Å². The van der Waals surface area contributed by atoms with Crippen LogP contribution in [0, 0.1) is 40.9 Å². The van der Waals surface area contributed by atoms with Crippen molar-refractivity contribution in [1.82, 2.24) is 0 Å². The molecule has 5 rings (SSSR count). The van der Waals surface area contributed by atoms with Gasteiger partial charge in [-0.3, -0.25) is 4.99 Å². The zero-order valence-corrected chi connectivity index (χ0v) is 20.4. The molecule has 2 nitrogen and oxygen atoms in total. The van der Waals surface area contributed by atoms with Crippen LogP contribution in [0.5, 0.6) is 0 Å². The molecule has 1 saturated carbocycles. The van der Waals surface area contributed by atoms with E-state index in [2.05, 4.69) is 45.9 Å². The number of aliphatic imine (C=N–C) groups is 1. The van der Waals surface area contributed by atoms with Crippen molar-refractivity contribution in [2.75, 3.05) is 6.54 Å². The largest absolute Gasteiger partial charge is 0.327 e. The molecule has 0 aromatic rings. The minimum Gasteiger partial charge on any atom is -0.327 e. The predicted molar refractivity (Wildman–Crippen MR) is 132 cm³/mol. The Kier molecular flexibility index (Phi) is 5.82. The van der Waals surface area contributed by atoms with Crippen molar-refractivity contribution in [3.63, 3.8) is 0 Å². The Balaban J connectivity index is 1.35. The molecule has 31 heavy (non-hydrogen) atoms. The SMILES string of the molecule is CC(C)[C@@H]1CCN=C1C[C@@H](C)[C@H]1CC[C@H]2C3=CC[C@H]4C[C@H](N)CC=C4CC3=CC[C@]12C. The summed E-state index contributed by atoms with van der Waals surface area (Å²) in [5.41, 5.74) is 13.4. The number of allylic oxidation sites excluding steroid dienone is 5. The Bertz CT molecular complexity index is 828. The van der Waals surface area contributed by atoms with Crippen molar-refractivity contribution in [2.24, 2.45) is 51.6 Å². The molecule has 4 aliphatic carbocycles. The molecule has 7 atom stereocenters. The molecule has 170 valence electrons. The van der Waals surface area contributed by atoms with Gasteiger partial charge in [0.15, 0.2) is 0 Å². The number of hydrogen-bond acceptors (Lipinski definition) is 2. The van der Waals surface area contributed by atoms with Crippen molar-refractivity contribution in [3.05, 3.63) is 34.9 Å². The van der Waals surface area contributed by atoms with Crippen LogP contribution in [-0.2, 0) is 0 Å². The van der Waals surface area contributed by atoms with E-state index < -0.39 is 0 Å². The smallest absolute Gasteiger partial charge is 0.0395 e. The average Bonchev–Trinajstić information content (AvgIpc) is 3.28. The number of fused-ring (bicyclic) bond motifs is 4. The maximum atomic E-state index is 6.30. The Morgan fingerprint density at radius 2 is 1.94 bits per heavy atom. The van der Waals surface area contributed by atoms with Crippen LogP contribution < -0.4 is 5.73 Å². The molecule has 0 spiro atoms. The van der Waals surface area contributed by atoms with Gasteiger partial charge in [-0.05, 0) is 104 Å². The quantitative estimate of drug-likeness (QED) is 0.495. The lowest BCUT2D eigenvalue weighted by Crippen LogP contribution is -2.36. The summed E-state index contributed by atoms with van der Waals surface area (Å²) in [6, 6.07) is 0.372. The maximum Gasteiger partial charge on any atom is 0.0395 e. The Morgan fingerprint density at radius 1 is 1.10 bits per heavy atom. The zero-order chi connectivity index (χ0) is 21.8. The predicted octanol–water partition coefficient (Wildman–Crippen LogP) is 6.88. The molecule has 1 fully saturated rings. The van der Waals surface area contributed by atoms with Crippen molar-refractivity contribution >= 4 is 5.71 Å². The highest BCUT2D eigenvalue weighted by Gasteiger charge is 2.51. The summed E-state index contributed by atoms with van der Waals surface area (Å²) >= 11 is 0. The van der Waals surface area contributed by atoms with Crippen LogP contribution in [0.15, 0.2) is 39.9 Å². The molecule has 0 unspecified atom stereocenters. The van der Waals surface area contributed by atoms with Gasteiger partial charge in [0.05, 0.1) is 0 Å².